The second-order valence-corrected chi connectivity index (χ2v) is 6.94. The van der Waals surface area contributed by atoms with Crippen LogP contribution in [0.25, 0.3) is 16.9 Å². The van der Waals surface area contributed by atoms with E-state index in [1.807, 2.05) is 37.4 Å². The molecule has 0 saturated carbocycles. The molecule has 4 aromatic rings. The van der Waals surface area contributed by atoms with Crippen molar-refractivity contribution in [3.63, 3.8) is 0 Å². The van der Waals surface area contributed by atoms with Crippen LogP contribution in [0, 0.1) is 27.7 Å². The van der Waals surface area contributed by atoms with Gasteiger partial charge in [0.15, 0.2) is 11.4 Å². The molecule has 0 atom stereocenters. The number of ether oxygens (including phenoxy) is 1. The average molecular weight is 357 g/mol. The van der Waals surface area contributed by atoms with Gasteiger partial charge in [0.1, 0.15) is 6.61 Å². The SMILES string of the molecule is Cc1cccc(C)c1COc1cc(-c2ccccn2)cn2c(C)c(C)nc12. The summed E-state index contributed by atoms with van der Waals surface area (Å²) in [5, 5.41) is 0. The summed E-state index contributed by atoms with van der Waals surface area (Å²) >= 11 is 0. The first kappa shape index (κ1) is 17.3. The zero-order valence-corrected chi connectivity index (χ0v) is 16.2. The molecule has 0 fully saturated rings. The van der Waals surface area contributed by atoms with Crippen molar-refractivity contribution in [3.8, 4) is 17.0 Å². The van der Waals surface area contributed by atoms with Crippen LogP contribution in [0.1, 0.15) is 28.1 Å². The Kier molecular flexibility index (Phi) is 4.40. The van der Waals surface area contributed by atoms with Crippen molar-refractivity contribution in [2.45, 2.75) is 34.3 Å². The van der Waals surface area contributed by atoms with Crippen molar-refractivity contribution in [2.75, 3.05) is 0 Å². The van der Waals surface area contributed by atoms with E-state index in [2.05, 4.69) is 54.6 Å². The molecule has 4 rings (SSSR count). The number of hydrogen-bond acceptors (Lipinski definition) is 3. The predicted molar refractivity (Wildman–Crippen MR) is 108 cm³/mol. The minimum Gasteiger partial charge on any atom is -0.485 e. The van der Waals surface area contributed by atoms with Crippen molar-refractivity contribution >= 4 is 5.65 Å². The third kappa shape index (κ3) is 3.19. The van der Waals surface area contributed by atoms with Gasteiger partial charge in [-0.05, 0) is 62.6 Å². The van der Waals surface area contributed by atoms with Crippen LogP contribution in [-0.4, -0.2) is 14.4 Å². The first-order valence-electron chi connectivity index (χ1n) is 9.13. The van der Waals surface area contributed by atoms with Crippen LogP contribution in [0.5, 0.6) is 5.75 Å². The van der Waals surface area contributed by atoms with E-state index in [1.165, 1.54) is 16.7 Å². The number of rotatable bonds is 4. The van der Waals surface area contributed by atoms with Gasteiger partial charge in [0.2, 0.25) is 0 Å². The lowest BCUT2D eigenvalue weighted by atomic mass is 10.0. The van der Waals surface area contributed by atoms with Crippen molar-refractivity contribution in [2.24, 2.45) is 0 Å². The summed E-state index contributed by atoms with van der Waals surface area (Å²) in [6.45, 7) is 8.86. The molecule has 3 heterocycles. The standard InChI is InChI=1S/C23H23N3O/c1-15-8-7-9-16(2)20(15)14-27-22-12-19(21-10-5-6-11-24-21)13-26-18(4)17(3)25-23(22)26/h5-13H,14H2,1-4H3. The monoisotopic (exact) mass is 357 g/mol. The predicted octanol–water partition coefficient (Wildman–Crippen LogP) is 5.21. The molecule has 136 valence electrons. The maximum Gasteiger partial charge on any atom is 0.180 e. The lowest BCUT2D eigenvalue weighted by Crippen LogP contribution is -2.03. The molecule has 0 amide bonds. The number of imidazole rings is 1. The molecule has 0 bridgehead atoms. The zero-order valence-electron chi connectivity index (χ0n) is 16.2. The fourth-order valence-corrected chi connectivity index (χ4v) is 3.35. The quantitative estimate of drug-likeness (QED) is 0.503. The van der Waals surface area contributed by atoms with Gasteiger partial charge < -0.3 is 9.14 Å². The van der Waals surface area contributed by atoms with Crippen LogP contribution in [0.4, 0.5) is 0 Å². The van der Waals surface area contributed by atoms with E-state index in [4.69, 9.17) is 9.72 Å². The molecule has 0 aliphatic heterocycles. The largest absolute Gasteiger partial charge is 0.485 e. The van der Waals surface area contributed by atoms with Crippen LogP contribution in [0.15, 0.2) is 54.9 Å². The van der Waals surface area contributed by atoms with E-state index in [1.54, 1.807) is 0 Å². The van der Waals surface area contributed by atoms with Crippen molar-refractivity contribution in [3.05, 3.63) is 82.9 Å². The first-order valence-corrected chi connectivity index (χ1v) is 9.13. The first-order chi connectivity index (χ1) is 13.0. The topological polar surface area (TPSA) is 39.4 Å². The van der Waals surface area contributed by atoms with Crippen LogP contribution in [0.3, 0.4) is 0 Å². The highest BCUT2D eigenvalue weighted by molar-refractivity contribution is 5.67. The minimum absolute atomic E-state index is 0.519. The second-order valence-electron chi connectivity index (χ2n) is 6.94. The van der Waals surface area contributed by atoms with Crippen molar-refractivity contribution in [1.29, 1.82) is 0 Å². The summed E-state index contributed by atoms with van der Waals surface area (Å²) in [7, 11) is 0. The van der Waals surface area contributed by atoms with E-state index in [-0.39, 0.29) is 0 Å². The van der Waals surface area contributed by atoms with Gasteiger partial charge in [0.05, 0.1) is 11.4 Å². The Hall–Kier alpha value is -3.14. The van der Waals surface area contributed by atoms with Gasteiger partial charge in [0, 0.05) is 23.7 Å². The van der Waals surface area contributed by atoms with E-state index in [9.17, 15) is 0 Å². The lowest BCUT2D eigenvalue weighted by molar-refractivity contribution is 0.306. The minimum atomic E-state index is 0.519. The van der Waals surface area contributed by atoms with E-state index >= 15 is 0 Å². The molecule has 4 heteroatoms. The summed E-state index contributed by atoms with van der Waals surface area (Å²) in [5.41, 5.74) is 8.59. The summed E-state index contributed by atoms with van der Waals surface area (Å²) in [6.07, 6.45) is 3.89. The van der Waals surface area contributed by atoms with E-state index < -0.39 is 0 Å². The molecule has 0 aliphatic rings. The average Bonchev–Trinajstić information content (AvgIpc) is 2.96. The third-order valence-corrected chi connectivity index (χ3v) is 5.14. The van der Waals surface area contributed by atoms with Gasteiger partial charge in [-0.3, -0.25) is 4.98 Å². The van der Waals surface area contributed by atoms with Crippen LogP contribution in [-0.2, 0) is 6.61 Å². The Morgan fingerprint density at radius 1 is 0.963 bits per heavy atom. The molecule has 0 aliphatic carbocycles. The molecular formula is C23H23N3O. The molecule has 4 nitrogen and oxygen atoms in total. The van der Waals surface area contributed by atoms with Crippen molar-refractivity contribution < 1.29 is 4.74 Å². The fourth-order valence-electron chi connectivity index (χ4n) is 3.35. The second kappa shape index (κ2) is 6.88. The summed E-state index contributed by atoms with van der Waals surface area (Å²) < 4.78 is 8.38. The summed E-state index contributed by atoms with van der Waals surface area (Å²) in [5.74, 6) is 0.775. The fraction of sp³-hybridized carbons (Fsp3) is 0.217. The van der Waals surface area contributed by atoms with Gasteiger partial charge in [-0.1, -0.05) is 24.3 Å². The van der Waals surface area contributed by atoms with E-state index in [0.29, 0.717) is 6.61 Å². The highest BCUT2D eigenvalue weighted by Gasteiger charge is 2.14. The van der Waals surface area contributed by atoms with Gasteiger partial charge in [-0.15, -0.1) is 0 Å². The Labute approximate surface area is 159 Å². The molecular weight excluding hydrogens is 334 g/mol. The number of fused-ring (bicyclic) bond motifs is 1. The molecule has 3 aromatic heterocycles. The van der Waals surface area contributed by atoms with Gasteiger partial charge in [-0.2, -0.15) is 0 Å². The number of benzene rings is 1. The van der Waals surface area contributed by atoms with Crippen molar-refractivity contribution in [1.82, 2.24) is 14.4 Å². The normalized spacial score (nSPS) is 11.1. The number of nitrogens with zero attached hydrogens (tertiary/aromatic N) is 3. The van der Waals surface area contributed by atoms with Gasteiger partial charge in [-0.25, -0.2) is 4.98 Å². The summed E-state index contributed by atoms with van der Waals surface area (Å²) in [6, 6.07) is 14.3. The van der Waals surface area contributed by atoms with Gasteiger partial charge in [0.25, 0.3) is 0 Å². The molecule has 27 heavy (non-hydrogen) atoms. The Morgan fingerprint density at radius 3 is 2.44 bits per heavy atom. The molecule has 0 spiro atoms. The maximum absolute atomic E-state index is 6.29. The number of aromatic nitrogens is 3. The Balaban J connectivity index is 1.80. The lowest BCUT2D eigenvalue weighted by Gasteiger charge is -2.13. The van der Waals surface area contributed by atoms with E-state index in [0.717, 1.165) is 34.0 Å². The smallest absolute Gasteiger partial charge is 0.180 e. The molecule has 0 N–H and O–H groups in total. The number of hydrogen-bond donors (Lipinski definition) is 0. The molecule has 0 radical (unpaired) electrons. The number of pyridine rings is 2. The summed E-state index contributed by atoms with van der Waals surface area (Å²) in [4.78, 5) is 9.21. The third-order valence-electron chi connectivity index (χ3n) is 5.14. The number of aryl methyl sites for hydroxylation is 4. The molecule has 1 aromatic carbocycles. The maximum atomic E-state index is 6.29. The Morgan fingerprint density at radius 2 is 1.74 bits per heavy atom. The van der Waals surface area contributed by atoms with Crippen LogP contribution in [0.2, 0.25) is 0 Å². The highest BCUT2D eigenvalue weighted by Crippen LogP contribution is 2.29. The van der Waals surface area contributed by atoms with Crippen LogP contribution >= 0.6 is 0 Å². The van der Waals surface area contributed by atoms with Gasteiger partial charge >= 0.3 is 0 Å². The Bertz CT molecular complexity index is 1090. The highest BCUT2D eigenvalue weighted by atomic mass is 16.5. The zero-order chi connectivity index (χ0) is 19.0. The van der Waals surface area contributed by atoms with Crippen LogP contribution < -0.4 is 4.74 Å². The molecule has 0 unspecified atom stereocenters. The molecule has 0 saturated heterocycles.